The van der Waals surface area contributed by atoms with Crippen molar-refractivity contribution in [2.45, 2.75) is 72.2 Å². The Balaban J connectivity index is 2.87. The van der Waals surface area contributed by atoms with Gasteiger partial charge in [0.2, 0.25) is 0 Å². The van der Waals surface area contributed by atoms with Gasteiger partial charge in [-0.25, -0.2) is 0 Å². The molecule has 9 heteroatoms. The van der Waals surface area contributed by atoms with Crippen molar-refractivity contribution in [1.29, 1.82) is 0 Å². The standard InChI is InChI=1S/C21H31NO8/c1-5-6-18(13-28-15(3)24)10-19(30-16(4)25)9-14(2)29-21-8-7-17(12-23)11-20(21)22(26)27/h7-8,11,14,18-19,23H,5-6,9-10,12-13H2,1-4H3. The fourth-order valence-electron chi connectivity index (χ4n) is 3.25. The Bertz CT molecular complexity index is 721. The Labute approximate surface area is 176 Å². The molecule has 1 N–H and O–H groups in total. The first kappa shape index (κ1) is 25.4. The summed E-state index contributed by atoms with van der Waals surface area (Å²) in [5, 5.41) is 20.5. The summed E-state index contributed by atoms with van der Waals surface area (Å²) < 4.78 is 16.3. The number of benzene rings is 1. The lowest BCUT2D eigenvalue weighted by molar-refractivity contribution is -0.386. The highest BCUT2D eigenvalue weighted by molar-refractivity contribution is 5.66. The topological polar surface area (TPSA) is 125 Å². The van der Waals surface area contributed by atoms with Crippen LogP contribution in [-0.4, -0.2) is 40.8 Å². The number of nitro groups is 1. The van der Waals surface area contributed by atoms with Gasteiger partial charge in [0.15, 0.2) is 5.75 Å². The summed E-state index contributed by atoms with van der Waals surface area (Å²) in [7, 11) is 0. The lowest BCUT2D eigenvalue weighted by Crippen LogP contribution is -2.28. The molecular weight excluding hydrogens is 394 g/mol. The van der Waals surface area contributed by atoms with E-state index >= 15 is 0 Å². The molecule has 3 atom stereocenters. The van der Waals surface area contributed by atoms with Crippen molar-refractivity contribution < 1.29 is 33.8 Å². The molecule has 0 bridgehead atoms. The van der Waals surface area contributed by atoms with Gasteiger partial charge in [-0.15, -0.1) is 0 Å². The van der Waals surface area contributed by atoms with Crippen LogP contribution in [0.4, 0.5) is 5.69 Å². The van der Waals surface area contributed by atoms with Crippen molar-refractivity contribution in [3.8, 4) is 5.75 Å². The molecule has 0 heterocycles. The van der Waals surface area contributed by atoms with E-state index in [0.29, 0.717) is 18.4 Å². The average molecular weight is 425 g/mol. The maximum atomic E-state index is 11.6. The minimum absolute atomic E-state index is 0.0219. The Hall–Kier alpha value is -2.68. The number of carbonyl (C=O) groups is 2. The summed E-state index contributed by atoms with van der Waals surface area (Å²) in [5.41, 5.74) is 0.170. The van der Waals surface area contributed by atoms with Crippen LogP contribution in [0.15, 0.2) is 18.2 Å². The fraction of sp³-hybridized carbons (Fsp3) is 0.619. The number of rotatable bonds is 13. The normalized spacial score (nSPS) is 13.8. The number of aliphatic hydroxyl groups excluding tert-OH is 1. The van der Waals surface area contributed by atoms with E-state index in [1.165, 1.54) is 26.0 Å². The largest absolute Gasteiger partial charge is 0.484 e. The Morgan fingerprint density at radius 3 is 2.43 bits per heavy atom. The Morgan fingerprint density at radius 2 is 1.90 bits per heavy atom. The van der Waals surface area contributed by atoms with E-state index in [-0.39, 0.29) is 36.5 Å². The third-order valence-corrected chi connectivity index (χ3v) is 4.47. The fourth-order valence-corrected chi connectivity index (χ4v) is 3.25. The first-order valence-electron chi connectivity index (χ1n) is 10.0. The van der Waals surface area contributed by atoms with Crippen LogP contribution in [0, 0.1) is 16.0 Å². The van der Waals surface area contributed by atoms with Crippen molar-refractivity contribution in [2.24, 2.45) is 5.92 Å². The van der Waals surface area contributed by atoms with Gasteiger partial charge in [0.25, 0.3) is 0 Å². The summed E-state index contributed by atoms with van der Waals surface area (Å²) in [6.07, 6.45) is 1.52. The molecular formula is C21H31NO8. The third-order valence-electron chi connectivity index (χ3n) is 4.47. The second-order valence-corrected chi connectivity index (χ2v) is 7.31. The first-order valence-corrected chi connectivity index (χ1v) is 10.0. The number of esters is 2. The van der Waals surface area contributed by atoms with Crippen LogP contribution in [0.2, 0.25) is 0 Å². The van der Waals surface area contributed by atoms with Crippen LogP contribution in [0.5, 0.6) is 5.75 Å². The molecule has 0 saturated carbocycles. The molecule has 1 aromatic carbocycles. The monoisotopic (exact) mass is 425 g/mol. The van der Waals surface area contributed by atoms with Crippen molar-refractivity contribution in [1.82, 2.24) is 0 Å². The van der Waals surface area contributed by atoms with Gasteiger partial charge in [-0.1, -0.05) is 19.4 Å². The van der Waals surface area contributed by atoms with Crippen LogP contribution in [0.3, 0.4) is 0 Å². The first-order chi connectivity index (χ1) is 14.2. The number of aliphatic hydroxyl groups is 1. The SMILES string of the molecule is CCCC(COC(C)=O)CC(CC(C)Oc1ccc(CO)cc1[N+](=O)[O-])OC(C)=O. The van der Waals surface area contributed by atoms with Crippen molar-refractivity contribution in [3.05, 3.63) is 33.9 Å². The highest BCUT2D eigenvalue weighted by Crippen LogP contribution is 2.30. The molecule has 0 spiro atoms. The van der Waals surface area contributed by atoms with Gasteiger partial charge < -0.3 is 19.3 Å². The molecule has 0 saturated heterocycles. The average Bonchev–Trinajstić information content (AvgIpc) is 2.65. The quantitative estimate of drug-likeness (QED) is 0.289. The molecule has 1 rings (SSSR count). The molecule has 30 heavy (non-hydrogen) atoms. The lowest BCUT2D eigenvalue weighted by Gasteiger charge is -2.25. The second-order valence-electron chi connectivity index (χ2n) is 7.31. The van der Waals surface area contributed by atoms with Gasteiger partial charge in [0.1, 0.15) is 6.10 Å². The van der Waals surface area contributed by atoms with Crippen molar-refractivity contribution in [2.75, 3.05) is 6.61 Å². The van der Waals surface area contributed by atoms with E-state index in [4.69, 9.17) is 14.2 Å². The molecule has 0 radical (unpaired) electrons. The number of carbonyl (C=O) groups excluding carboxylic acids is 2. The zero-order valence-corrected chi connectivity index (χ0v) is 18.0. The van der Waals surface area contributed by atoms with Crippen LogP contribution < -0.4 is 4.74 Å². The summed E-state index contributed by atoms with van der Waals surface area (Å²) in [6, 6.07) is 4.26. The summed E-state index contributed by atoms with van der Waals surface area (Å²) >= 11 is 0. The number of ether oxygens (including phenoxy) is 3. The van der Waals surface area contributed by atoms with Gasteiger partial charge >= 0.3 is 17.6 Å². The Morgan fingerprint density at radius 1 is 1.20 bits per heavy atom. The number of nitrogens with zero attached hydrogens (tertiary/aromatic N) is 1. The third kappa shape index (κ3) is 9.21. The predicted molar refractivity (Wildman–Crippen MR) is 109 cm³/mol. The van der Waals surface area contributed by atoms with Gasteiger partial charge in [-0.05, 0) is 37.3 Å². The molecule has 0 aliphatic rings. The highest BCUT2D eigenvalue weighted by atomic mass is 16.6. The molecule has 3 unspecified atom stereocenters. The van der Waals surface area contributed by atoms with Gasteiger partial charge in [0, 0.05) is 26.3 Å². The zero-order valence-electron chi connectivity index (χ0n) is 18.0. The second kappa shape index (κ2) is 12.8. The molecule has 0 aliphatic carbocycles. The maximum Gasteiger partial charge on any atom is 0.311 e. The van der Waals surface area contributed by atoms with E-state index < -0.39 is 23.1 Å². The predicted octanol–water partition coefficient (Wildman–Crippen LogP) is 3.55. The smallest absolute Gasteiger partial charge is 0.311 e. The minimum Gasteiger partial charge on any atom is -0.484 e. The molecule has 168 valence electrons. The summed E-state index contributed by atoms with van der Waals surface area (Å²) in [6.45, 7) is 6.34. The summed E-state index contributed by atoms with van der Waals surface area (Å²) in [4.78, 5) is 33.4. The van der Waals surface area contributed by atoms with E-state index in [2.05, 4.69) is 0 Å². The van der Waals surface area contributed by atoms with Crippen molar-refractivity contribution >= 4 is 17.6 Å². The minimum atomic E-state index is -0.568. The van der Waals surface area contributed by atoms with E-state index in [0.717, 1.165) is 12.8 Å². The van der Waals surface area contributed by atoms with E-state index in [1.807, 2.05) is 6.92 Å². The molecule has 0 aromatic heterocycles. The van der Waals surface area contributed by atoms with Crippen LogP contribution in [0.25, 0.3) is 0 Å². The highest BCUT2D eigenvalue weighted by Gasteiger charge is 2.24. The van der Waals surface area contributed by atoms with E-state index in [9.17, 15) is 24.8 Å². The zero-order chi connectivity index (χ0) is 22.7. The molecule has 0 aliphatic heterocycles. The van der Waals surface area contributed by atoms with Gasteiger partial charge in [-0.3, -0.25) is 19.7 Å². The number of nitro benzene ring substituents is 1. The van der Waals surface area contributed by atoms with Gasteiger partial charge in [0.05, 0.1) is 24.2 Å². The molecule has 1 aromatic rings. The molecule has 0 amide bonds. The van der Waals surface area contributed by atoms with Crippen molar-refractivity contribution in [3.63, 3.8) is 0 Å². The number of hydrogen-bond donors (Lipinski definition) is 1. The Kier molecular flexibility index (Phi) is 10.8. The lowest BCUT2D eigenvalue weighted by atomic mass is 9.94. The van der Waals surface area contributed by atoms with Crippen LogP contribution in [-0.2, 0) is 25.7 Å². The summed E-state index contributed by atoms with van der Waals surface area (Å²) in [5.74, 6) is -0.700. The maximum absolute atomic E-state index is 11.6. The number of hydrogen-bond acceptors (Lipinski definition) is 8. The molecule has 0 fully saturated rings. The van der Waals surface area contributed by atoms with Crippen LogP contribution >= 0.6 is 0 Å². The molecule has 9 nitrogen and oxygen atoms in total. The van der Waals surface area contributed by atoms with Crippen LogP contribution in [0.1, 0.15) is 58.9 Å². The van der Waals surface area contributed by atoms with E-state index in [1.54, 1.807) is 13.0 Å². The van der Waals surface area contributed by atoms with Gasteiger partial charge in [-0.2, -0.15) is 0 Å².